The molecule has 1 heterocycles. The van der Waals surface area contributed by atoms with Gasteiger partial charge in [-0.1, -0.05) is 6.58 Å². The SMILES string of the molecule is C=C1NSc2ccc(N)cc21.CO. The van der Waals surface area contributed by atoms with Crippen LogP contribution in [0.4, 0.5) is 5.69 Å². The molecule has 1 aromatic carbocycles. The first-order chi connectivity index (χ1) is 6.27. The maximum Gasteiger partial charge on any atom is 0.0456 e. The number of nitrogens with two attached hydrogens (primary N) is 1. The number of fused-ring (bicyclic) bond motifs is 1. The van der Waals surface area contributed by atoms with Crippen LogP contribution < -0.4 is 10.5 Å². The molecule has 70 valence electrons. The molecule has 0 saturated heterocycles. The molecule has 1 aliphatic rings. The van der Waals surface area contributed by atoms with E-state index >= 15 is 0 Å². The van der Waals surface area contributed by atoms with Crippen molar-refractivity contribution in [2.45, 2.75) is 4.90 Å². The molecule has 2 rings (SSSR count). The van der Waals surface area contributed by atoms with Crippen molar-refractivity contribution in [2.75, 3.05) is 12.8 Å². The van der Waals surface area contributed by atoms with E-state index in [9.17, 15) is 0 Å². The van der Waals surface area contributed by atoms with Gasteiger partial charge in [0.1, 0.15) is 0 Å². The molecule has 0 radical (unpaired) electrons. The number of anilines is 1. The first-order valence-corrected chi connectivity index (χ1v) is 4.55. The highest BCUT2D eigenvalue weighted by molar-refractivity contribution is 7.98. The second-order valence-electron chi connectivity index (χ2n) is 2.44. The van der Waals surface area contributed by atoms with Crippen molar-refractivity contribution >= 4 is 23.3 Å². The van der Waals surface area contributed by atoms with Gasteiger partial charge < -0.3 is 15.6 Å². The summed E-state index contributed by atoms with van der Waals surface area (Å²) in [5.41, 5.74) is 8.46. The Kier molecular flexibility index (Phi) is 3.22. The lowest BCUT2D eigenvalue weighted by atomic mass is 10.1. The maximum atomic E-state index is 7.00. The fraction of sp³-hybridized carbons (Fsp3) is 0.111. The molecule has 0 saturated carbocycles. The number of aliphatic hydroxyl groups excluding tert-OH is 1. The van der Waals surface area contributed by atoms with Gasteiger partial charge in [0.05, 0.1) is 0 Å². The summed E-state index contributed by atoms with van der Waals surface area (Å²) < 4.78 is 3.08. The van der Waals surface area contributed by atoms with Gasteiger partial charge in [-0.2, -0.15) is 0 Å². The van der Waals surface area contributed by atoms with Gasteiger partial charge in [0.15, 0.2) is 0 Å². The minimum atomic E-state index is 0.786. The summed E-state index contributed by atoms with van der Waals surface area (Å²) >= 11 is 1.58. The Labute approximate surface area is 81.8 Å². The number of rotatable bonds is 0. The van der Waals surface area contributed by atoms with Crippen LogP contribution in [0.15, 0.2) is 29.7 Å². The fourth-order valence-electron chi connectivity index (χ4n) is 1.04. The first-order valence-electron chi connectivity index (χ1n) is 3.74. The summed E-state index contributed by atoms with van der Waals surface area (Å²) in [6.07, 6.45) is 0. The van der Waals surface area contributed by atoms with Crippen LogP contribution in [-0.4, -0.2) is 12.2 Å². The molecular formula is C9H12N2OS. The zero-order chi connectivity index (χ0) is 9.84. The van der Waals surface area contributed by atoms with Crippen molar-refractivity contribution in [1.82, 2.24) is 4.72 Å². The molecule has 0 aromatic heterocycles. The van der Waals surface area contributed by atoms with Crippen LogP contribution in [0.25, 0.3) is 5.70 Å². The minimum absolute atomic E-state index is 0.786. The van der Waals surface area contributed by atoms with Crippen LogP contribution in [0.3, 0.4) is 0 Å². The Morgan fingerprint density at radius 1 is 1.46 bits per heavy atom. The van der Waals surface area contributed by atoms with Crippen molar-refractivity contribution in [2.24, 2.45) is 0 Å². The summed E-state index contributed by atoms with van der Waals surface area (Å²) in [5, 5.41) is 7.00. The minimum Gasteiger partial charge on any atom is -0.400 e. The molecule has 0 amide bonds. The zero-order valence-corrected chi connectivity index (χ0v) is 8.19. The third-order valence-corrected chi connectivity index (χ3v) is 2.54. The Balaban J connectivity index is 0.000000396. The van der Waals surface area contributed by atoms with Crippen molar-refractivity contribution in [3.8, 4) is 0 Å². The van der Waals surface area contributed by atoms with E-state index in [1.165, 1.54) is 4.90 Å². The molecule has 4 N–H and O–H groups in total. The molecule has 0 bridgehead atoms. The average Bonchev–Trinajstić information content (AvgIpc) is 2.52. The lowest BCUT2D eigenvalue weighted by Crippen LogP contribution is -1.90. The van der Waals surface area contributed by atoms with E-state index in [0.717, 1.165) is 24.1 Å². The monoisotopic (exact) mass is 196 g/mol. The van der Waals surface area contributed by atoms with Gasteiger partial charge in [-0.15, -0.1) is 0 Å². The standard InChI is InChI=1S/C8H8N2S.CH4O/c1-5-7-4-6(9)2-3-8(7)11-10-5;1-2/h2-4,10H,1,9H2;2H,1H3. The van der Waals surface area contributed by atoms with Crippen molar-refractivity contribution < 1.29 is 5.11 Å². The van der Waals surface area contributed by atoms with Crippen LogP contribution in [0.1, 0.15) is 5.56 Å². The summed E-state index contributed by atoms with van der Waals surface area (Å²) in [7, 11) is 1.00. The zero-order valence-electron chi connectivity index (χ0n) is 7.37. The van der Waals surface area contributed by atoms with Crippen LogP contribution in [-0.2, 0) is 0 Å². The predicted octanol–water partition coefficient (Wildman–Crippen LogP) is 1.46. The molecule has 0 aliphatic carbocycles. The number of benzene rings is 1. The highest BCUT2D eigenvalue weighted by Gasteiger charge is 2.13. The van der Waals surface area contributed by atoms with E-state index in [1.54, 1.807) is 11.9 Å². The summed E-state index contributed by atoms with van der Waals surface area (Å²) in [6.45, 7) is 3.85. The van der Waals surface area contributed by atoms with Crippen molar-refractivity contribution in [3.63, 3.8) is 0 Å². The highest BCUT2D eigenvalue weighted by atomic mass is 32.2. The van der Waals surface area contributed by atoms with E-state index in [4.69, 9.17) is 10.8 Å². The topological polar surface area (TPSA) is 58.3 Å². The second-order valence-corrected chi connectivity index (χ2v) is 3.29. The maximum absolute atomic E-state index is 7.00. The van der Waals surface area contributed by atoms with Crippen LogP contribution in [0, 0.1) is 0 Å². The van der Waals surface area contributed by atoms with Crippen molar-refractivity contribution in [1.29, 1.82) is 0 Å². The first kappa shape index (κ1) is 9.95. The fourth-order valence-corrected chi connectivity index (χ4v) is 1.82. The molecule has 0 atom stereocenters. The summed E-state index contributed by atoms with van der Waals surface area (Å²) in [5.74, 6) is 0. The quantitative estimate of drug-likeness (QED) is 0.434. The Morgan fingerprint density at radius 3 is 2.85 bits per heavy atom. The molecule has 1 aromatic rings. The Bertz CT molecular complexity index is 325. The summed E-state index contributed by atoms with van der Waals surface area (Å²) in [6, 6.07) is 5.83. The lowest BCUT2D eigenvalue weighted by Gasteiger charge is -1.97. The molecule has 3 nitrogen and oxygen atoms in total. The molecule has 4 heteroatoms. The molecular weight excluding hydrogens is 184 g/mol. The highest BCUT2D eigenvalue weighted by Crippen LogP contribution is 2.34. The predicted molar refractivity (Wildman–Crippen MR) is 57.0 cm³/mol. The average molecular weight is 196 g/mol. The summed E-state index contributed by atoms with van der Waals surface area (Å²) in [4.78, 5) is 1.20. The van der Waals surface area contributed by atoms with Crippen LogP contribution in [0.2, 0.25) is 0 Å². The smallest absolute Gasteiger partial charge is 0.0456 e. The van der Waals surface area contributed by atoms with Crippen molar-refractivity contribution in [3.05, 3.63) is 30.3 Å². The number of hydrogen-bond donors (Lipinski definition) is 3. The number of nitrogen functional groups attached to an aromatic ring is 1. The van der Waals surface area contributed by atoms with Gasteiger partial charge in [-0.3, -0.25) is 0 Å². The normalized spacial score (nSPS) is 12.6. The van der Waals surface area contributed by atoms with Crippen LogP contribution in [0.5, 0.6) is 0 Å². The number of nitrogens with one attached hydrogen (secondary N) is 1. The molecule has 1 aliphatic heterocycles. The third-order valence-electron chi connectivity index (χ3n) is 1.61. The van der Waals surface area contributed by atoms with E-state index < -0.39 is 0 Å². The van der Waals surface area contributed by atoms with Gasteiger partial charge in [-0.25, -0.2) is 0 Å². The molecule has 0 spiro atoms. The van der Waals surface area contributed by atoms with Gasteiger partial charge >= 0.3 is 0 Å². The van der Waals surface area contributed by atoms with E-state index in [2.05, 4.69) is 11.3 Å². The Morgan fingerprint density at radius 2 is 2.15 bits per heavy atom. The van der Waals surface area contributed by atoms with E-state index in [0.29, 0.717) is 0 Å². The largest absolute Gasteiger partial charge is 0.400 e. The molecule has 0 unspecified atom stereocenters. The second kappa shape index (κ2) is 4.20. The van der Waals surface area contributed by atoms with Gasteiger partial charge in [-0.05, 0) is 30.1 Å². The van der Waals surface area contributed by atoms with E-state index in [-0.39, 0.29) is 0 Å². The van der Waals surface area contributed by atoms with Crippen LogP contribution >= 0.6 is 11.9 Å². The lowest BCUT2D eigenvalue weighted by molar-refractivity contribution is 0.399. The van der Waals surface area contributed by atoms with E-state index in [1.807, 2.05) is 18.2 Å². The molecule has 13 heavy (non-hydrogen) atoms. The Hall–Kier alpha value is -1.13. The van der Waals surface area contributed by atoms with Gasteiger partial charge in [0.25, 0.3) is 0 Å². The molecule has 0 fully saturated rings. The van der Waals surface area contributed by atoms with Gasteiger partial charge in [0.2, 0.25) is 0 Å². The third kappa shape index (κ3) is 1.96. The number of hydrogen-bond acceptors (Lipinski definition) is 4. The number of aliphatic hydroxyl groups is 1. The van der Waals surface area contributed by atoms with Gasteiger partial charge in [0, 0.05) is 29.0 Å².